The summed E-state index contributed by atoms with van der Waals surface area (Å²) in [7, 11) is 0. The smallest absolute Gasteiger partial charge is 0.131 e. The normalized spacial score (nSPS) is 10.9. The van der Waals surface area contributed by atoms with Gasteiger partial charge < -0.3 is 0 Å². The van der Waals surface area contributed by atoms with Gasteiger partial charge in [0.25, 0.3) is 0 Å². The fraction of sp³-hybridized carbons (Fsp3) is 0.0833. The van der Waals surface area contributed by atoms with Crippen LogP contribution in [-0.2, 0) is 6.54 Å². The lowest BCUT2D eigenvalue weighted by molar-refractivity contribution is 0.669. The van der Waals surface area contributed by atoms with E-state index in [0.717, 1.165) is 15.5 Å². The van der Waals surface area contributed by atoms with Crippen molar-refractivity contribution in [3.8, 4) is 0 Å². The molecule has 17 heavy (non-hydrogen) atoms. The summed E-state index contributed by atoms with van der Waals surface area (Å²) >= 11 is 3.46. The standard InChI is InChI=1S/C12H9BrN4/c13-10-3-1-2-9(6-10)8-17-12-4-5-14-7-11(12)15-16-17/h1-7H,8H2. The highest BCUT2D eigenvalue weighted by Gasteiger charge is 2.04. The van der Waals surface area contributed by atoms with Gasteiger partial charge in [-0.3, -0.25) is 4.98 Å². The molecule has 84 valence electrons. The molecule has 0 N–H and O–H groups in total. The van der Waals surface area contributed by atoms with Crippen molar-refractivity contribution in [3.05, 3.63) is 52.8 Å². The second-order valence-corrected chi connectivity index (χ2v) is 4.66. The topological polar surface area (TPSA) is 43.6 Å². The number of pyridine rings is 1. The largest absolute Gasteiger partial charge is 0.262 e. The molecule has 3 aromatic rings. The van der Waals surface area contributed by atoms with Gasteiger partial charge in [-0.25, -0.2) is 4.68 Å². The van der Waals surface area contributed by atoms with Crippen LogP contribution in [0.4, 0.5) is 0 Å². The Morgan fingerprint density at radius 1 is 1.24 bits per heavy atom. The van der Waals surface area contributed by atoms with Crippen molar-refractivity contribution >= 4 is 27.0 Å². The summed E-state index contributed by atoms with van der Waals surface area (Å²) in [6, 6.07) is 10.1. The number of hydrogen-bond acceptors (Lipinski definition) is 3. The molecule has 0 fully saturated rings. The molecule has 0 saturated carbocycles. The van der Waals surface area contributed by atoms with Crippen molar-refractivity contribution in [1.29, 1.82) is 0 Å². The van der Waals surface area contributed by atoms with E-state index in [1.54, 1.807) is 12.4 Å². The summed E-state index contributed by atoms with van der Waals surface area (Å²) in [5.74, 6) is 0. The van der Waals surface area contributed by atoms with Gasteiger partial charge in [-0.2, -0.15) is 0 Å². The Morgan fingerprint density at radius 2 is 2.18 bits per heavy atom. The maximum atomic E-state index is 4.13. The average Bonchev–Trinajstić information content (AvgIpc) is 2.73. The minimum absolute atomic E-state index is 0.708. The third-order valence-electron chi connectivity index (χ3n) is 2.54. The summed E-state index contributed by atoms with van der Waals surface area (Å²) in [5.41, 5.74) is 3.01. The second-order valence-electron chi connectivity index (χ2n) is 3.74. The highest BCUT2D eigenvalue weighted by Crippen LogP contribution is 2.14. The Bertz CT molecular complexity index is 662. The van der Waals surface area contributed by atoms with Crippen LogP contribution in [0.3, 0.4) is 0 Å². The van der Waals surface area contributed by atoms with E-state index in [4.69, 9.17) is 0 Å². The summed E-state index contributed by atoms with van der Waals surface area (Å²) in [6.45, 7) is 0.708. The molecule has 0 saturated heterocycles. The summed E-state index contributed by atoms with van der Waals surface area (Å²) in [4.78, 5) is 4.02. The van der Waals surface area contributed by atoms with Crippen molar-refractivity contribution in [2.45, 2.75) is 6.54 Å². The molecule has 0 unspecified atom stereocenters. The van der Waals surface area contributed by atoms with E-state index in [1.807, 2.05) is 22.9 Å². The molecule has 0 bridgehead atoms. The molecule has 2 aromatic heterocycles. The van der Waals surface area contributed by atoms with E-state index < -0.39 is 0 Å². The lowest BCUT2D eigenvalue weighted by atomic mass is 10.2. The molecule has 0 aliphatic heterocycles. The van der Waals surface area contributed by atoms with Gasteiger partial charge in [-0.15, -0.1) is 5.10 Å². The average molecular weight is 289 g/mol. The van der Waals surface area contributed by atoms with Gasteiger partial charge in [0.15, 0.2) is 0 Å². The molecule has 0 radical (unpaired) electrons. The molecule has 5 heteroatoms. The first kappa shape index (κ1) is 10.4. The molecule has 0 aliphatic rings. The lowest BCUT2D eigenvalue weighted by Crippen LogP contribution is -2.01. The van der Waals surface area contributed by atoms with Crippen molar-refractivity contribution in [2.24, 2.45) is 0 Å². The van der Waals surface area contributed by atoms with Crippen LogP contribution in [0, 0.1) is 0 Å². The van der Waals surface area contributed by atoms with Gasteiger partial charge in [-0.1, -0.05) is 33.3 Å². The number of hydrogen-bond donors (Lipinski definition) is 0. The predicted octanol–water partition coefficient (Wildman–Crippen LogP) is 2.64. The zero-order valence-electron chi connectivity index (χ0n) is 8.92. The first-order valence-corrected chi connectivity index (χ1v) is 6.00. The van der Waals surface area contributed by atoms with Crippen LogP contribution in [0.25, 0.3) is 11.0 Å². The number of aromatic nitrogens is 4. The number of nitrogens with zero attached hydrogens (tertiary/aromatic N) is 4. The van der Waals surface area contributed by atoms with Crippen LogP contribution in [-0.4, -0.2) is 20.0 Å². The van der Waals surface area contributed by atoms with Crippen LogP contribution >= 0.6 is 15.9 Å². The molecular weight excluding hydrogens is 280 g/mol. The molecule has 0 aliphatic carbocycles. The molecule has 0 atom stereocenters. The van der Waals surface area contributed by atoms with Gasteiger partial charge in [0.2, 0.25) is 0 Å². The van der Waals surface area contributed by atoms with Crippen molar-refractivity contribution in [2.75, 3.05) is 0 Å². The van der Waals surface area contributed by atoms with Crippen molar-refractivity contribution in [3.63, 3.8) is 0 Å². The minimum atomic E-state index is 0.708. The summed E-state index contributed by atoms with van der Waals surface area (Å²) < 4.78 is 2.94. The molecule has 2 heterocycles. The Morgan fingerprint density at radius 3 is 3.06 bits per heavy atom. The first-order chi connectivity index (χ1) is 8.33. The fourth-order valence-corrected chi connectivity index (χ4v) is 2.20. The highest BCUT2D eigenvalue weighted by molar-refractivity contribution is 9.10. The molecular formula is C12H9BrN4. The van der Waals surface area contributed by atoms with E-state index >= 15 is 0 Å². The van der Waals surface area contributed by atoms with Gasteiger partial charge in [0.05, 0.1) is 18.3 Å². The van der Waals surface area contributed by atoms with E-state index in [0.29, 0.717) is 6.54 Å². The molecule has 0 spiro atoms. The zero-order valence-corrected chi connectivity index (χ0v) is 10.5. The van der Waals surface area contributed by atoms with E-state index in [2.05, 4.69) is 43.4 Å². The van der Waals surface area contributed by atoms with E-state index in [9.17, 15) is 0 Å². The second kappa shape index (κ2) is 4.25. The number of halogens is 1. The quantitative estimate of drug-likeness (QED) is 0.728. The van der Waals surface area contributed by atoms with Crippen molar-refractivity contribution in [1.82, 2.24) is 20.0 Å². The minimum Gasteiger partial charge on any atom is -0.262 e. The highest BCUT2D eigenvalue weighted by atomic mass is 79.9. The zero-order chi connectivity index (χ0) is 11.7. The van der Waals surface area contributed by atoms with Gasteiger partial charge in [0.1, 0.15) is 5.52 Å². The lowest BCUT2D eigenvalue weighted by Gasteiger charge is -2.02. The Hall–Kier alpha value is -1.75. The van der Waals surface area contributed by atoms with Crippen LogP contribution < -0.4 is 0 Å². The van der Waals surface area contributed by atoms with Gasteiger partial charge in [-0.05, 0) is 23.8 Å². The molecule has 0 amide bonds. The summed E-state index contributed by atoms with van der Waals surface area (Å²) in [6.07, 6.45) is 3.48. The van der Waals surface area contributed by atoms with Crippen LogP contribution in [0.15, 0.2) is 47.2 Å². The third-order valence-corrected chi connectivity index (χ3v) is 3.03. The Balaban J connectivity index is 2.00. The van der Waals surface area contributed by atoms with E-state index in [-0.39, 0.29) is 0 Å². The van der Waals surface area contributed by atoms with Crippen LogP contribution in [0.1, 0.15) is 5.56 Å². The SMILES string of the molecule is Brc1cccc(Cn2nnc3cnccc32)c1. The number of benzene rings is 1. The predicted molar refractivity (Wildman–Crippen MR) is 68.6 cm³/mol. The Labute approximate surface area is 106 Å². The van der Waals surface area contributed by atoms with Gasteiger partial charge >= 0.3 is 0 Å². The molecule has 1 aromatic carbocycles. The van der Waals surface area contributed by atoms with Crippen molar-refractivity contribution < 1.29 is 0 Å². The number of rotatable bonds is 2. The molecule has 4 nitrogen and oxygen atoms in total. The monoisotopic (exact) mass is 288 g/mol. The first-order valence-electron chi connectivity index (χ1n) is 5.20. The van der Waals surface area contributed by atoms with Crippen LogP contribution in [0.2, 0.25) is 0 Å². The maximum absolute atomic E-state index is 4.13. The van der Waals surface area contributed by atoms with Gasteiger partial charge in [0, 0.05) is 10.7 Å². The Kier molecular flexibility index (Phi) is 2.60. The summed E-state index contributed by atoms with van der Waals surface area (Å²) in [5, 5.41) is 8.21. The van der Waals surface area contributed by atoms with E-state index in [1.165, 1.54) is 5.56 Å². The maximum Gasteiger partial charge on any atom is 0.131 e. The molecule has 3 rings (SSSR count). The fourth-order valence-electron chi connectivity index (χ4n) is 1.75. The number of fused-ring (bicyclic) bond motifs is 1. The third kappa shape index (κ3) is 2.06. The van der Waals surface area contributed by atoms with Crippen LogP contribution in [0.5, 0.6) is 0 Å².